The molecule has 1 atom stereocenters. The molecular formula is C18H20N2O4. The molecular weight excluding hydrogens is 308 g/mol. The second kappa shape index (κ2) is 6.03. The van der Waals surface area contributed by atoms with Crippen molar-refractivity contribution in [2.45, 2.75) is 33.7 Å². The van der Waals surface area contributed by atoms with Crippen molar-refractivity contribution >= 4 is 17.5 Å². The van der Waals surface area contributed by atoms with Gasteiger partial charge in [-0.2, -0.15) is 0 Å². The van der Waals surface area contributed by atoms with Gasteiger partial charge in [-0.1, -0.05) is 6.07 Å². The highest BCUT2D eigenvalue weighted by atomic mass is 16.5. The third-order valence-corrected chi connectivity index (χ3v) is 4.27. The van der Waals surface area contributed by atoms with Gasteiger partial charge >= 0.3 is 0 Å². The predicted octanol–water partition coefficient (Wildman–Crippen LogP) is 3.03. The largest absolute Gasteiger partial charge is 0.482 e. The molecule has 0 saturated carbocycles. The second-order valence-electron chi connectivity index (χ2n) is 6.00. The molecule has 1 aromatic carbocycles. The van der Waals surface area contributed by atoms with Gasteiger partial charge in [0.05, 0.1) is 17.3 Å². The van der Waals surface area contributed by atoms with Crippen molar-refractivity contribution in [1.29, 1.82) is 0 Å². The van der Waals surface area contributed by atoms with E-state index in [1.165, 1.54) is 0 Å². The van der Waals surface area contributed by atoms with E-state index in [4.69, 9.17) is 9.15 Å². The Bertz CT molecular complexity index is 823. The Labute approximate surface area is 140 Å². The molecule has 0 bridgehead atoms. The summed E-state index contributed by atoms with van der Waals surface area (Å²) >= 11 is 0. The number of anilines is 1. The van der Waals surface area contributed by atoms with Crippen LogP contribution in [0.5, 0.6) is 5.75 Å². The first kappa shape index (κ1) is 16.1. The molecule has 1 aliphatic rings. The Morgan fingerprint density at radius 2 is 2.00 bits per heavy atom. The van der Waals surface area contributed by atoms with E-state index in [2.05, 4.69) is 10.6 Å². The number of carbonyl (C=O) groups is 2. The molecule has 2 aromatic rings. The summed E-state index contributed by atoms with van der Waals surface area (Å²) in [6, 6.07) is 5.26. The molecule has 2 N–H and O–H groups in total. The smallest absolute Gasteiger partial charge is 0.262 e. The monoisotopic (exact) mass is 328 g/mol. The van der Waals surface area contributed by atoms with Crippen molar-refractivity contribution < 1.29 is 18.7 Å². The van der Waals surface area contributed by atoms with Gasteiger partial charge in [0.2, 0.25) is 0 Å². The van der Waals surface area contributed by atoms with Crippen LogP contribution in [0.15, 0.2) is 22.6 Å². The van der Waals surface area contributed by atoms with E-state index in [9.17, 15) is 9.59 Å². The van der Waals surface area contributed by atoms with E-state index < -0.39 is 0 Å². The predicted molar refractivity (Wildman–Crippen MR) is 89.4 cm³/mol. The average Bonchev–Trinajstić information content (AvgIpc) is 2.79. The van der Waals surface area contributed by atoms with Crippen molar-refractivity contribution in [3.8, 4) is 5.75 Å². The van der Waals surface area contributed by atoms with E-state index >= 15 is 0 Å². The van der Waals surface area contributed by atoms with Crippen LogP contribution >= 0.6 is 0 Å². The molecule has 0 unspecified atom stereocenters. The zero-order valence-electron chi connectivity index (χ0n) is 14.1. The van der Waals surface area contributed by atoms with Crippen molar-refractivity contribution in [1.82, 2.24) is 5.32 Å². The minimum atomic E-state index is -0.226. The molecule has 6 heteroatoms. The number of fused-ring (bicyclic) bond motifs is 1. The maximum absolute atomic E-state index is 12.6. The maximum Gasteiger partial charge on any atom is 0.262 e. The summed E-state index contributed by atoms with van der Waals surface area (Å²) in [4.78, 5) is 24.0. The normalized spacial score (nSPS) is 14.4. The minimum Gasteiger partial charge on any atom is -0.482 e. The number of ether oxygens (including phenoxy) is 1. The Morgan fingerprint density at radius 3 is 2.67 bits per heavy atom. The summed E-state index contributed by atoms with van der Waals surface area (Å²) in [5.41, 5.74) is 2.93. The van der Waals surface area contributed by atoms with Gasteiger partial charge in [-0.05, 0) is 45.4 Å². The molecule has 2 heterocycles. The van der Waals surface area contributed by atoms with Crippen molar-refractivity contribution in [3.63, 3.8) is 0 Å². The quantitative estimate of drug-likeness (QED) is 0.907. The van der Waals surface area contributed by atoms with Gasteiger partial charge in [-0.15, -0.1) is 0 Å². The summed E-state index contributed by atoms with van der Waals surface area (Å²) in [7, 11) is 0. The lowest BCUT2D eigenvalue weighted by Gasteiger charge is -2.21. The fourth-order valence-electron chi connectivity index (χ4n) is 2.85. The van der Waals surface area contributed by atoms with Gasteiger partial charge in [-0.25, -0.2) is 0 Å². The number of nitrogens with one attached hydrogen (secondary N) is 2. The van der Waals surface area contributed by atoms with Crippen LogP contribution in [-0.2, 0) is 4.79 Å². The maximum atomic E-state index is 12.6. The molecule has 1 aliphatic heterocycles. The summed E-state index contributed by atoms with van der Waals surface area (Å²) < 4.78 is 10.9. The molecule has 0 fully saturated rings. The van der Waals surface area contributed by atoms with Crippen LogP contribution in [0.1, 0.15) is 46.0 Å². The van der Waals surface area contributed by atoms with Crippen LogP contribution in [-0.4, -0.2) is 18.4 Å². The second-order valence-corrected chi connectivity index (χ2v) is 6.00. The van der Waals surface area contributed by atoms with E-state index in [0.717, 1.165) is 16.9 Å². The van der Waals surface area contributed by atoms with E-state index in [0.29, 0.717) is 22.8 Å². The Kier molecular flexibility index (Phi) is 4.05. The molecule has 24 heavy (non-hydrogen) atoms. The number of furan rings is 1. The molecule has 0 radical (unpaired) electrons. The summed E-state index contributed by atoms with van der Waals surface area (Å²) in [6.45, 7) is 7.41. The number of rotatable bonds is 3. The van der Waals surface area contributed by atoms with Crippen molar-refractivity contribution in [3.05, 3.63) is 46.4 Å². The third-order valence-electron chi connectivity index (χ3n) is 4.27. The van der Waals surface area contributed by atoms with Crippen LogP contribution in [0.3, 0.4) is 0 Å². The highest BCUT2D eigenvalue weighted by molar-refractivity contribution is 5.97. The number of hydrogen-bond acceptors (Lipinski definition) is 4. The first-order valence-corrected chi connectivity index (χ1v) is 7.81. The highest BCUT2D eigenvalue weighted by Gasteiger charge is 2.22. The molecule has 1 aromatic heterocycles. The zero-order valence-corrected chi connectivity index (χ0v) is 14.1. The van der Waals surface area contributed by atoms with Gasteiger partial charge in [0.25, 0.3) is 11.8 Å². The summed E-state index contributed by atoms with van der Waals surface area (Å²) in [5.74, 6) is 1.64. The Morgan fingerprint density at radius 1 is 1.25 bits per heavy atom. The molecule has 0 saturated heterocycles. The minimum absolute atomic E-state index is 0.0248. The fourth-order valence-corrected chi connectivity index (χ4v) is 2.85. The standard InChI is InChI=1S/C18H20N2O4/c1-9-11(3)24-12(4)17(9)18(22)19-10(2)13-5-6-15-14(7-13)20-16(21)8-23-15/h5-7,10H,8H2,1-4H3,(H,19,22)(H,20,21)/t10-/m1/s1. The van der Waals surface area contributed by atoms with E-state index in [-0.39, 0.29) is 24.5 Å². The molecule has 0 aliphatic carbocycles. The molecule has 0 spiro atoms. The van der Waals surface area contributed by atoms with Gasteiger partial charge < -0.3 is 19.8 Å². The van der Waals surface area contributed by atoms with Crippen molar-refractivity contribution in [2.24, 2.45) is 0 Å². The van der Waals surface area contributed by atoms with E-state index in [1.807, 2.05) is 32.9 Å². The first-order valence-electron chi connectivity index (χ1n) is 7.81. The Hall–Kier alpha value is -2.76. The first-order chi connectivity index (χ1) is 11.4. The fraction of sp³-hybridized carbons (Fsp3) is 0.333. The van der Waals surface area contributed by atoms with Crippen LogP contribution in [0.4, 0.5) is 5.69 Å². The number of aryl methyl sites for hydroxylation is 2. The summed E-state index contributed by atoms with van der Waals surface area (Å²) in [5, 5.41) is 5.74. The number of carbonyl (C=O) groups excluding carboxylic acids is 2. The van der Waals surface area contributed by atoms with Crippen molar-refractivity contribution in [2.75, 3.05) is 11.9 Å². The zero-order chi connectivity index (χ0) is 17.4. The van der Waals surface area contributed by atoms with Gasteiger partial charge in [0.1, 0.15) is 17.3 Å². The van der Waals surface area contributed by atoms with Crippen LogP contribution < -0.4 is 15.4 Å². The van der Waals surface area contributed by atoms with Crippen LogP contribution in [0, 0.1) is 20.8 Å². The Balaban J connectivity index is 1.80. The summed E-state index contributed by atoms with van der Waals surface area (Å²) in [6.07, 6.45) is 0. The lowest BCUT2D eigenvalue weighted by Crippen LogP contribution is -2.28. The average molecular weight is 328 g/mol. The van der Waals surface area contributed by atoms with Gasteiger partial charge in [0, 0.05) is 5.56 Å². The highest BCUT2D eigenvalue weighted by Crippen LogP contribution is 2.31. The van der Waals surface area contributed by atoms with Crippen LogP contribution in [0.2, 0.25) is 0 Å². The molecule has 3 rings (SSSR count). The number of hydrogen-bond donors (Lipinski definition) is 2. The lowest BCUT2D eigenvalue weighted by molar-refractivity contribution is -0.118. The topological polar surface area (TPSA) is 80.6 Å². The molecule has 126 valence electrons. The SMILES string of the molecule is Cc1oc(C)c(C(=O)N[C@H](C)c2ccc3c(c2)NC(=O)CO3)c1C. The van der Waals surface area contributed by atoms with Gasteiger partial charge in [-0.3, -0.25) is 9.59 Å². The van der Waals surface area contributed by atoms with E-state index in [1.54, 1.807) is 13.0 Å². The third kappa shape index (κ3) is 2.87. The van der Waals surface area contributed by atoms with Gasteiger partial charge in [0.15, 0.2) is 6.61 Å². The lowest BCUT2D eigenvalue weighted by atomic mass is 10.0. The van der Waals surface area contributed by atoms with Crippen LogP contribution in [0.25, 0.3) is 0 Å². The number of amides is 2. The molecule has 6 nitrogen and oxygen atoms in total. The number of benzene rings is 1. The molecule has 2 amide bonds.